The number of nitrogens with one attached hydrogen (secondary N) is 2. The Morgan fingerprint density at radius 3 is 2.43 bits per heavy atom. The molecule has 28 heavy (non-hydrogen) atoms. The molecule has 1 aromatic carbocycles. The van der Waals surface area contributed by atoms with Gasteiger partial charge in [-0.15, -0.1) is 0 Å². The normalized spacial score (nSPS) is 13.3. The van der Waals surface area contributed by atoms with Crippen LogP contribution in [0.25, 0.3) is 0 Å². The highest BCUT2D eigenvalue weighted by molar-refractivity contribution is 5.96. The molecular weight excluding hydrogens is 358 g/mol. The number of anilines is 1. The van der Waals surface area contributed by atoms with Crippen LogP contribution in [0, 0.1) is 0 Å². The third kappa shape index (κ3) is 7.36. The second-order valence-corrected chi connectivity index (χ2v) is 7.36. The molecule has 1 aromatic heterocycles. The summed E-state index contributed by atoms with van der Waals surface area (Å²) in [6, 6.07) is 12.1. The summed E-state index contributed by atoms with van der Waals surface area (Å²) < 4.78 is 11.1. The minimum atomic E-state index is -0.946. The van der Waals surface area contributed by atoms with E-state index in [1.165, 1.54) is 6.20 Å². The van der Waals surface area contributed by atoms with Crippen LogP contribution in [-0.2, 0) is 20.9 Å². The van der Waals surface area contributed by atoms with E-state index in [0.717, 1.165) is 5.56 Å². The minimum absolute atomic E-state index is 0.314. The zero-order valence-electron chi connectivity index (χ0n) is 16.6. The molecule has 0 aliphatic carbocycles. The van der Waals surface area contributed by atoms with Crippen molar-refractivity contribution in [2.45, 2.75) is 52.0 Å². The van der Waals surface area contributed by atoms with Gasteiger partial charge in [0.2, 0.25) is 5.91 Å². The molecule has 0 aliphatic rings. The van der Waals surface area contributed by atoms with Gasteiger partial charge >= 0.3 is 6.09 Å². The summed E-state index contributed by atoms with van der Waals surface area (Å²) in [5.74, 6) is -0.417. The van der Waals surface area contributed by atoms with Crippen molar-refractivity contribution in [3.63, 3.8) is 0 Å². The van der Waals surface area contributed by atoms with Crippen molar-refractivity contribution in [2.75, 3.05) is 5.32 Å². The van der Waals surface area contributed by atoms with Crippen LogP contribution in [-0.4, -0.2) is 34.7 Å². The monoisotopic (exact) mass is 385 g/mol. The summed E-state index contributed by atoms with van der Waals surface area (Å²) in [4.78, 5) is 29.0. The molecule has 2 N–H and O–H groups in total. The van der Waals surface area contributed by atoms with Gasteiger partial charge in [0, 0.05) is 6.20 Å². The van der Waals surface area contributed by atoms with Crippen molar-refractivity contribution in [3.8, 4) is 0 Å². The number of carbonyl (C=O) groups is 2. The molecule has 0 unspecified atom stereocenters. The highest BCUT2D eigenvalue weighted by Gasteiger charge is 2.30. The summed E-state index contributed by atoms with van der Waals surface area (Å²) in [6.07, 6.45) is 1.86. The zero-order chi connectivity index (χ0) is 20.6. The number of hydrogen-bond acceptors (Lipinski definition) is 5. The van der Waals surface area contributed by atoms with Crippen LogP contribution in [0.2, 0.25) is 0 Å². The summed E-state index contributed by atoms with van der Waals surface area (Å²) >= 11 is 0. The average Bonchev–Trinajstić information content (AvgIpc) is 2.64. The van der Waals surface area contributed by atoms with Crippen LogP contribution >= 0.6 is 0 Å². The second-order valence-electron chi connectivity index (χ2n) is 7.36. The molecule has 0 saturated heterocycles. The lowest BCUT2D eigenvalue weighted by atomic mass is 10.1. The largest absolute Gasteiger partial charge is 0.444 e. The van der Waals surface area contributed by atoms with E-state index in [9.17, 15) is 9.59 Å². The van der Waals surface area contributed by atoms with Crippen molar-refractivity contribution in [1.29, 1.82) is 0 Å². The van der Waals surface area contributed by atoms with E-state index >= 15 is 0 Å². The van der Waals surface area contributed by atoms with E-state index < -0.39 is 29.7 Å². The Labute approximate surface area is 165 Å². The molecule has 1 heterocycles. The van der Waals surface area contributed by atoms with Gasteiger partial charge in [-0.05, 0) is 45.4 Å². The first-order chi connectivity index (χ1) is 13.2. The number of benzene rings is 1. The molecule has 0 bridgehead atoms. The molecule has 0 saturated carbocycles. The molecule has 7 nitrogen and oxygen atoms in total. The standard InChI is InChI=1S/C21H27N3O4/c1-15(27-14-16-9-6-5-7-10-16)18(24-20(26)28-21(2,3)4)19(25)23-17-11-8-12-22-13-17/h5-13,15,18H,14H2,1-4H3,(H,23,25)(H,24,26)/t15-,18-/m1/s1. The summed E-state index contributed by atoms with van der Waals surface area (Å²) in [7, 11) is 0. The van der Waals surface area contributed by atoms with Crippen molar-refractivity contribution in [1.82, 2.24) is 10.3 Å². The molecule has 0 aliphatic heterocycles. The van der Waals surface area contributed by atoms with Crippen LogP contribution in [0.4, 0.5) is 10.5 Å². The Kier molecular flexibility index (Phi) is 7.52. The average molecular weight is 385 g/mol. The van der Waals surface area contributed by atoms with Gasteiger partial charge in [-0.2, -0.15) is 0 Å². The quantitative estimate of drug-likeness (QED) is 0.761. The lowest BCUT2D eigenvalue weighted by Crippen LogP contribution is -2.52. The van der Waals surface area contributed by atoms with Crippen LogP contribution < -0.4 is 10.6 Å². The highest BCUT2D eigenvalue weighted by Crippen LogP contribution is 2.12. The Morgan fingerprint density at radius 1 is 1.11 bits per heavy atom. The van der Waals surface area contributed by atoms with Crippen LogP contribution in [0.5, 0.6) is 0 Å². The molecule has 2 rings (SSSR count). The first kappa shape index (κ1) is 21.4. The van der Waals surface area contributed by atoms with Crippen molar-refractivity contribution in [3.05, 3.63) is 60.4 Å². The molecule has 2 amide bonds. The van der Waals surface area contributed by atoms with Gasteiger partial charge in [0.15, 0.2) is 0 Å². The molecular formula is C21H27N3O4. The highest BCUT2D eigenvalue weighted by atomic mass is 16.6. The fraction of sp³-hybridized carbons (Fsp3) is 0.381. The predicted octanol–water partition coefficient (Wildman–Crippen LogP) is 3.52. The Bertz CT molecular complexity index is 760. The summed E-state index contributed by atoms with van der Waals surface area (Å²) in [5.41, 5.74) is 0.819. The minimum Gasteiger partial charge on any atom is -0.444 e. The van der Waals surface area contributed by atoms with E-state index in [-0.39, 0.29) is 0 Å². The molecule has 150 valence electrons. The lowest BCUT2D eigenvalue weighted by Gasteiger charge is -2.27. The third-order valence-corrected chi connectivity index (χ3v) is 3.71. The van der Waals surface area contributed by atoms with Gasteiger partial charge < -0.3 is 20.1 Å². The van der Waals surface area contributed by atoms with Crippen molar-refractivity contribution < 1.29 is 19.1 Å². The maximum atomic E-state index is 12.8. The van der Waals surface area contributed by atoms with Gasteiger partial charge in [-0.25, -0.2) is 4.79 Å². The number of alkyl carbamates (subject to hydrolysis) is 1. The van der Waals surface area contributed by atoms with E-state index in [1.54, 1.807) is 46.0 Å². The molecule has 0 radical (unpaired) electrons. The van der Waals surface area contributed by atoms with Crippen LogP contribution in [0.3, 0.4) is 0 Å². The molecule has 2 aromatic rings. The second kappa shape index (κ2) is 9.85. The Morgan fingerprint density at radius 2 is 1.82 bits per heavy atom. The molecule has 2 atom stereocenters. The van der Waals surface area contributed by atoms with E-state index in [0.29, 0.717) is 12.3 Å². The maximum Gasteiger partial charge on any atom is 0.408 e. The number of rotatable bonds is 7. The van der Waals surface area contributed by atoms with Crippen LogP contribution in [0.15, 0.2) is 54.9 Å². The van der Waals surface area contributed by atoms with Gasteiger partial charge in [-0.3, -0.25) is 9.78 Å². The number of aromatic nitrogens is 1. The molecule has 7 heteroatoms. The first-order valence-electron chi connectivity index (χ1n) is 9.10. The fourth-order valence-corrected chi connectivity index (χ4v) is 2.39. The lowest BCUT2D eigenvalue weighted by molar-refractivity contribution is -0.122. The first-order valence-corrected chi connectivity index (χ1v) is 9.10. The zero-order valence-corrected chi connectivity index (χ0v) is 16.6. The number of nitrogens with zero attached hydrogens (tertiary/aromatic N) is 1. The fourth-order valence-electron chi connectivity index (χ4n) is 2.39. The number of hydrogen-bond donors (Lipinski definition) is 2. The molecule has 0 fully saturated rings. The van der Waals surface area contributed by atoms with Crippen molar-refractivity contribution in [2.24, 2.45) is 0 Å². The van der Waals surface area contributed by atoms with Gasteiger partial charge in [-0.1, -0.05) is 30.3 Å². The van der Waals surface area contributed by atoms with E-state index in [1.807, 2.05) is 30.3 Å². The number of carbonyl (C=O) groups excluding carboxylic acids is 2. The van der Waals surface area contributed by atoms with E-state index in [4.69, 9.17) is 9.47 Å². The van der Waals surface area contributed by atoms with Crippen LogP contribution in [0.1, 0.15) is 33.3 Å². The smallest absolute Gasteiger partial charge is 0.408 e. The SMILES string of the molecule is C[C@@H](OCc1ccccc1)[C@@H](NC(=O)OC(C)(C)C)C(=O)Nc1cccnc1. The Balaban J connectivity index is 2.07. The van der Waals surface area contributed by atoms with Gasteiger partial charge in [0.1, 0.15) is 11.6 Å². The number of ether oxygens (including phenoxy) is 2. The topological polar surface area (TPSA) is 89.5 Å². The van der Waals surface area contributed by atoms with Crippen molar-refractivity contribution >= 4 is 17.7 Å². The third-order valence-electron chi connectivity index (χ3n) is 3.71. The van der Waals surface area contributed by atoms with Gasteiger partial charge in [0.05, 0.1) is 24.6 Å². The number of pyridine rings is 1. The predicted molar refractivity (Wildman–Crippen MR) is 107 cm³/mol. The maximum absolute atomic E-state index is 12.8. The molecule has 0 spiro atoms. The van der Waals surface area contributed by atoms with E-state index in [2.05, 4.69) is 15.6 Å². The summed E-state index contributed by atoms with van der Waals surface area (Å²) in [6.45, 7) is 7.31. The Hall–Kier alpha value is -2.93. The summed E-state index contributed by atoms with van der Waals surface area (Å²) in [5, 5.41) is 5.35. The number of amides is 2. The van der Waals surface area contributed by atoms with Gasteiger partial charge in [0.25, 0.3) is 0 Å².